The van der Waals surface area contributed by atoms with Gasteiger partial charge in [0.2, 0.25) is 5.89 Å². The minimum atomic E-state index is -0.0402. The van der Waals surface area contributed by atoms with Crippen LogP contribution < -0.4 is 5.32 Å². The number of anilines is 2. The van der Waals surface area contributed by atoms with Crippen LogP contribution in [0.15, 0.2) is 35.1 Å². The summed E-state index contributed by atoms with van der Waals surface area (Å²) in [5.74, 6) is 2.27. The van der Waals surface area contributed by atoms with E-state index in [9.17, 15) is 0 Å². The molecule has 0 aromatic carbocycles. The first-order valence-corrected chi connectivity index (χ1v) is 8.52. The molecule has 0 fully saturated rings. The zero-order chi connectivity index (χ0) is 17.2. The first-order valence-electron chi connectivity index (χ1n) is 7.70. The Morgan fingerprint density at radius 1 is 1.12 bits per heavy atom. The molecule has 0 bridgehead atoms. The molecule has 0 unspecified atom stereocenters. The fourth-order valence-corrected chi connectivity index (χ4v) is 2.73. The maximum atomic E-state index is 5.75. The van der Waals surface area contributed by atoms with Crippen LogP contribution in [-0.4, -0.2) is 15.0 Å². The van der Waals surface area contributed by atoms with Crippen molar-refractivity contribution >= 4 is 34.4 Å². The van der Waals surface area contributed by atoms with Crippen molar-refractivity contribution in [2.75, 3.05) is 5.32 Å². The fourth-order valence-electron chi connectivity index (χ4n) is 2.00. The number of hydrogen-bond donors (Lipinski definition) is 1. The van der Waals surface area contributed by atoms with Crippen molar-refractivity contribution in [2.24, 2.45) is 0 Å². The van der Waals surface area contributed by atoms with Gasteiger partial charge in [-0.05, 0) is 30.7 Å². The van der Waals surface area contributed by atoms with E-state index in [2.05, 4.69) is 41.0 Å². The summed E-state index contributed by atoms with van der Waals surface area (Å²) in [5, 5.41) is 4.01. The van der Waals surface area contributed by atoms with Gasteiger partial charge < -0.3 is 9.73 Å². The summed E-state index contributed by atoms with van der Waals surface area (Å²) < 4.78 is 5.75. The second-order valence-corrected chi connectivity index (χ2v) is 7.62. The van der Waals surface area contributed by atoms with Gasteiger partial charge in [0.05, 0.1) is 6.20 Å². The molecule has 0 saturated heterocycles. The lowest BCUT2D eigenvalue weighted by atomic mass is 9.94. The van der Waals surface area contributed by atoms with Gasteiger partial charge >= 0.3 is 0 Å². The Kier molecular flexibility index (Phi) is 4.49. The van der Waals surface area contributed by atoms with Crippen LogP contribution in [-0.2, 0) is 5.41 Å². The van der Waals surface area contributed by atoms with Crippen molar-refractivity contribution in [2.45, 2.75) is 33.1 Å². The van der Waals surface area contributed by atoms with Crippen LogP contribution in [0.5, 0.6) is 0 Å². The number of oxazole rings is 1. The number of pyridine rings is 1. The van der Waals surface area contributed by atoms with E-state index in [4.69, 9.17) is 4.42 Å². The van der Waals surface area contributed by atoms with E-state index in [1.807, 2.05) is 37.4 Å². The second-order valence-electron chi connectivity index (χ2n) is 6.56. The molecule has 1 N–H and O–H groups in total. The molecule has 0 aliphatic heterocycles. The third kappa shape index (κ3) is 4.08. The molecule has 3 heterocycles. The predicted octanol–water partition coefficient (Wildman–Crippen LogP) is 5.05. The summed E-state index contributed by atoms with van der Waals surface area (Å²) in [6.07, 6.45) is 9.18. The lowest BCUT2D eigenvalue weighted by Gasteiger charge is -2.12. The monoisotopic (exact) mass is 340 g/mol. The zero-order valence-electron chi connectivity index (χ0n) is 14.2. The molecule has 3 rings (SSSR count). The number of nitrogens with zero attached hydrogens (tertiary/aromatic N) is 3. The van der Waals surface area contributed by atoms with Crippen LogP contribution in [0.25, 0.3) is 12.2 Å². The third-order valence-corrected chi connectivity index (χ3v) is 4.20. The van der Waals surface area contributed by atoms with E-state index in [1.165, 1.54) is 0 Å². The molecule has 0 aliphatic carbocycles. The number of aryl methyl sites for hydroxylation is 1. The van der Waals surface area contributed by atoms with Crippen molar-refractivity contribution in [3.63, 3.8) is 0 Å². The number of aromatic nitrogens is 3. The molecule has 0 spiro atoms. The molecule has 3 aromatic rings. The predicted molar refractivity (Wildman–Crippen MR) is 98.5 cm³/mol. The van der Waals surface area contributed by atoms with Crippen molar-refractivity contribution in [3.05, 3.63) is 52.8 Å². The molecule has 0 saturated carbocycles. The van der Waals surface area contributed by atoms with Gasteiger partial charge in [-0.2, -0.15) is 0 Å². The maximum Gasteiger partial charge on any atom is 0.218 e. The Balaban J connectivity index is 1.68. The number of hydrogen-bond acceptors (Lipinski definition) is 6. The summed E-state index contributed by atoms with van der Waals surface area (Å²) in [7, 11) is 0. The SMILES string of the molecule is Cc1ccnc(Nc2ncc(C=Cc3ncc(C(C)(C)C)o3)s2)c1. The molecule has 0 atom stereocenters. The highest BCUT2D eigenvalue weighted by Gasteiger charge is 2.18. The number of thiazole rings is 1. The highest BCUT2D eigenvalue weighted by Crippen LogP contribution is 2.25. The normalized spacial score (nSPS) is 12.0. The molecule has 0 aliphatic rings. The van der Waals surface area contributed by atoms with Crippen LogP contribution in [0.1, 0.15) is 42.9 Å². The molecule has 3 aromatic heterocycles. The van der Waals surface area contributed by atoms with Crippen LogP contribution in [0.2, 0.25) is 0 Å². The zero-order valence-corrected chi connectivity index (χ0v) is 15.0. The quantitative estimate of drug-likeness (QED) is 0.720. The maximum absolute atomic E-state index is 5.75. The van der Waals surface area contributed by atoms with E-state index in [0.29, 0.717) is 5.89 Å². The Morgan fingerprint density at radius 3 is 2.67 bits per heavy atom. The molecule has 6 heteroatoms. The first-order chi connectivity index (χ1) is 11.4. The van der Waals surface area contributed by atoms with Gasteiger partial charge in [0.15, 0.2) is 5.13 Å². The molecular formula is C18H20N4OS. The fraction of sp³-hybridized carbons (Fsp3) is 0.278. The summed E-state index contributed by atoms with van der Waals surface area (Å²) in [5.41, 5.74) is 1.12. The van der Waals surface area contributed by atoms with Gasteiger partial charge in [0.25, 0.3) is 0 Å². The molecular weight excluding hydrogens is 320 g/mol. The van der Waals surface area contributed by atoms with E-state index in [-0.39, 0.29) is 5.41 Å². The summed E-state index contributed by atoms with van der Waals surface area (Å²) in [4.78, 5) is 13.9. The van der Waals surface area contributed by atoms with E-state index in [0.717, 1.165) is 27.2 Å². The van der Waals surface area contributed by atoms with Crippen molar-refractivity contribution in [1.82, 2.24) is 15.0 Å². The standard InChI is InChI=1S/C18H20N4OS/c1-12-7-8-19-15(9-12)22-17-21-10-13(24-17)5-6-16-20-11-14(23-16)18(2,3)4/h5-11H,1-4H3,(H,19,21,22). The minimum Gasteiger partial charge on any atom is -0.441 e. The molecule has 124 valence electrons. The summed E-state index contributed by atoms with van der Waals surface area (Å²) in [6, 6.07) is 3.95. The molecule has 0 amide bonds. The van der Waals surface area contributed by atoms with Gasteiger partial charge in [-0.3, -0.25) is 0 Å². The van der Waals surface area contributed by atoms with Crippen LogP contribution in [0, 0.1) is 6.92 Å². The Bertz CT molecular complexity index is 858. The molecule has 24 heavy (non-hydrogen) atoms. The Morgan fingerprint density at radius 2 is 1.96 bits per heavy atom. The van der Waals surface area contributed by atoms with Gasteiger partial charge in [-0.15, -0.1) is 0 Å². The van der Waals surface area contributed by atoms with E-state index >= 15 is 0 Å². The lowest BCUT2D eigenvalue weighted by Crippen LogP contribution is -2.09. The van der Waals surface area contributed by atoms with Crippen LogP contribution in [0.3, 0.4) is 0 Å². The highest BCUT2D eigenvalue weighted by atomic mass is 32.1. The van der Waals surface area contributed by atoms with Crippen LogP contribution >= 0.6 is 11.3 Å². The van der Waals surface area contributed by atoms with E-state index in [1.54, 1.807) is 23.7 Å². The summed E-state index contributed by atoms with van der Waals surface area (Å²) >= 11 is 1.55. The van der Waals surface area contributed by atoms with Crippen molar-refractivity contribution in [1.29, 1.82) is 0 Å². The second kappa shape index (κ2) is 6.57. The Hall–Kier alpha value is -2.47. The molecule has 0 radical (unpaired) electrons. The van der Waals surface area contributed by atoms with E-state index < -0.39 is 0 Å². The van der Waals surface area contributed by atoms with Crippen molar-refractivity contribution in [3.8, 4) is 0 Å². The summed E-state index contributed by atoms with van der Waals surface area (Å²) in [6.45, 7) is 8.33. The topological polar surface area (TPSA) is 63.8 Å². The van der Waals surface area contributed by atoms with Gasteiger partial charge in [-0.25, -0.2) is 15.0 Å². The van der Waals surface area contributed by atoms with Crippen molar-refractivity contribution < 1.29 is 4.42 Å². The lowest BCUT2D eigenvalue weighted by molar-refractivity contribution is 0.403. The van der Waals surface area contributed by atoms with Gasteiger partial charge in [0.1, 0.15) is 11.6 Å². The highest BCUT2D eigenvalue weighted by molar-refractivity contribution is 7.16. The number of rotatable bonds is 4. The average molecular weight is 340 g/mol. The smallest absolute Gasteiger partial charge is 0.218 e. The van der Waals surface area contributed by atoms with Gasteiger partial charge in [0, 0.05) is 28.8 Å². The Labute approximate surface area is 145 Å². The average Bonchev–Trinajstić information content (AvgIpc) is 3.13. The molecule has 5 nitrogen and oxygen atoms in total. The van der Waals surface area contributed by atoms with Gasteiger partial charge in [-0.1, -0.05) is 32.1 Å². The first kappa shape index (κ1) is 16.4. The number of nitrogens with one attached hydrogen (secondary N) is 1. The largest absolute Gasteiger partial charge is 0.441 e. The van der Waals surface area contributed by atoms with Crippen LogP contribution in [0.4, 0.5) is 10.9 Å². The third-order valence-electron chi connectivity index (χ3n) is 3.33. The minimum absolute atomic E-state index is 0.0402.